The molecular weight excluding hydrogens is 244 g/mol. The Bertz CT molecular complexity index is 473. The smallest absolute Gasteiger partial charge is 0.199 e. The van der Waals surface area contributed by atoms with Gasteiger partial charge in [0.1, 0.15) is 6.10 Å². The van der Waals surface area contributed by atoms with E-state index in [0.717, 1.165) is 6.42 Å². The fourth-order valence-corrected chi connectivity index (χ4v) is 5.73. The Morgan fingerprint density at radius 1 is 1.21 bits per heavy atom. The molecule has 0 unspecified atom stereocenters. The van der Waals surface area contributed by atoms with Gasteiger partial charge in [-0.25, -0.2) is 0 Å². The van der Waals surface area contributed by atoms with Gasteiger partial charge in [-0.3, -0.25) is 4.79 Å². The first-order valence-electron chi connectivity index (χ1n) is 7.35. The normalized spacial score (nSPS) is 61.5. The lowest BCUT2D eigenvalue weighted by Crippen LogP contribution is -2.66. The topological polar surface area (TPSA) is 55.8 Å². The average molecular weight is 266 g/mol. The maximum atomic E-state index is 12.8. The number of rotatable bonds is 0. The van der Waals surface area contributed by atoms with Crippen LogP contribution >= 0.6 is 0 Å². The number of aliphatic hydroxyl groups is 1. The lowest BCUT2D eigenvalue weighted by molar-refractivity contribution is -0.182. The van der Waals surface area contributed by atoms with Crippen molar-refractivity contribution in [3.63, 3.8) is 0 Å². The Labute approximate surface area is 113 Å². The van der Waals surface area contributed by atoms with Gasteiger partial charge in [0, 0.05) is 11.3 Å². The molecule has 1 spiro atoms. The average Bonchev–Trinajstić information content (AvgIpc) is 2.84. The van der Waals surface area contributed by atoms with Gasteiger partial charge in [-0.1, -0.05) is 13.8 Å². The number of Topliss-reactive ketones (excluding diaryl/α,β-unsaturated/α-hetero) is 1. The second kappa shape index (κ2) is 3.07. The number of hydrogen-bond acceptors (Lipinski definition) is 4. The quantitative estimate of drug-likeness (QED) is 0.718. The minimum atomic E-state index is -1.02. The molecule has 4 fully saturated rings. The van der Waals surface area contributed by atoms with Gasteiger partial charge in [0.25, 0.3) is 0 Å². The highest BCUT2D eigenvalue weighted by Gasteiger charge is 2.84. The fourth-order valence-electron chi connectivity index (χ4n) is 5.73. The van der Waals surface area contributed by atoms with Crippen LogP contribution in [0.1, 0.15) is 40.5 Å². The van der Waals surface area contributed by atoms with Crippen molar-refractivity contribution in [3.05, 3.63) is 0 Å². The number of hydrogen-bond donors (Lipinski definition) is 1. The van der Waals surface area contributed by atoms with Crippen molar-refractivity contribution in [1.82, 2.24) is 0 Å². The Balaban J connectivity index is 1.97. The third kappa shape index (κ3) is 0.988. The van der Waals surface area contributed by atoms with E-state index >= 15 is 0 Å². The predicted octanol–water partition coefficient (Wildman–Crippen LogP) is 1.30. The number of ether oxygens (including phenoxy) is 2. The van der Waals surface area contributed by atoms with E-state index in [0.29, 0.717) is 12.3 Å². The van der Waals surface area contributed by atoms with E-state index in [1.54, 1.807) is 0 Å². The summed E-state index contributed by atoms with van der Waals surface area (Å²) in [5.41, 5.74) is -1.69. The third-order valence-electron chi connectivity index (χ3n) is 6.57. The molecule has 7 atom stereocenters. The van der Waals surface area contributed by atoms with Crippen molar-refractivity contribution in [1.29, 1.82) is 0 Å². The van der Waals surface area contributed by atoms with Crippen LogP contribution in [0.5, 0.6) is 0 Å². The molecule has 4 heteroatoms. The number of fused-ring (bicyclic) bond motifs is 1. The largest absolute Gasteiger partial charge is 0.390 e. The van der Waals surface area contributed by atoms with Crippen LogP contribution in [0.4, 0.5) is 0 Å². The standard InChI is InChI=1S/C15H22O4/c1-7-5-6-8(16)15-12(17)10-9(19-15)11(14(7,15)4)13(2,3)18-10/h7-11,16H,5-6H2,1-4H3/t7-,8-,9+,10+,11-,14+,15-/m1/s1. The number of ketones is 1. The van der Waals surface area contributed by atoms with Crippen LogP contribution < -0.4 is 0 Å². The molecule has 3 aliphatic heterocycles. The minimum Gasteiger partial charge on any atom is -0.390 e. The Morgan fingerprint density at radius 3 is 2.58 bits per heavy atom. The van der Waals surface area contributed by atoms with Crippen LogP contribution in [0.3, 0.4) is 0 Å². The fraction of sp³-hybridized carbons (Fsp3) is 0.933. The number of carbonyl (C=O) groups is 1. The zero-order valence-electron chi connectivity index (χ0n) is 12.0. The van der Waals surface area contributed by atoms with Gasteiger partial charge in [0.2, 0.25) is 0 Å². The lowest BCUT2D eigenvalue weighted by atomic mass is 9.48. The van der Waals surface area contributed by atoms with E-state index in [1.807, 2.05) is 0 Å². The molecule has 2 bridgehead atoms. The monoisotopic (exact) mass is 266 g/mol. The zero-order valence-corrected chi connectivity index (χ0v) is 12.0. The molecule has 106 valence electrons. The van der Waals surface area contributed by atoms with Crippen LogP contribution in [0.2, 0.25) is 0 Å². The van der Waals surface area contributed by atoms with Crippen molar-refractivity contribution in [2.24, 2.45) is 17.3 Å². The van der Waals surface area contributed by atoms with E-state index in [4.69, 9.17) is 9.47 Å². The lowest BCUT2D eigenvalue weighted by Gasteiger charge is -2.54. The zero-order chi connectivity index (χ0) is 13.8. The molecule has 0 aromatic heterocycles. The second-order valence-electron chi connectivity index (χ2n) is 7.58. The van der Waals surface area contributed by atoms with E-state index in [9.17, 15) is 9.90 Å². The predicted molar refractivity (Wildman–Crippen MR) is 67.6 cm³/mol. The molecule has 0 aromatic carbocycles. The van der Waals surface area contributed by atoms with Crippen LogP contribution in [-0.4, -0.2) is 40.4 Å². The maximum Gasteiger partial charge on any atom is 0.199 e. The summed E-state index contributed by atoms with van der Waals surface area (Å²) in [4.78, 5) is 12.8. The highest BCUT2D eigenvalue weighted by Crippen LogP contribution is 2.71. The summed E-state index contributed by atoms with van der Waals surface area (Å²) in [6, 6.07) is 0. The van der Waals surface area contributed by atoms with E-state index in [-0.39, 0.29) is 28.8 Å². The summed E-state index contributed by atoms with van der Waals surface area (Å²) in [5.74, 6) is 0.533. The molecule has 3 saturated heterocycles. The highest BCUT2D eigenvalue weighted by molar-refractivity contribution is 5.97. The first kappa shape index (κ1) is 12.3. The molecule has 4 aliphatic rings. The molecule has 4 nitrogen and oxygen atoms in total. The minimum absolute atomic E-state index is 0.0131. The highest BCUT2D eigenvalue weighted by atomic mass is 16.6. The molecule has 3 heterocycles. The molecule has 4 rings (SSSR count). The van der Waals surface area contributed by atoms with Gasteiger partial charge in [-0.05, 0) is 32.6 Å². The summed E-state index contributed by atoms with van der Waals surface area (Å²) in [6.07, 6.45) is 0.279. The number of aliphatic hydroxyl groups excluding tert-OH is 1. The Kier molecular flexibility index (Phi) is 1.99. The Morgan fingerprint density at radius 2 is 1.89 bits per heavy atom. The van der Waals surface area contributed by atoms with Crippen molar-refractivity contribution in [3.8, 4) is 0 Å². The van der Waals surface area contributed by atoms with Gasteiger partial charge < -0.3 is 14.6 Å². The molecule has 1 aliphatic carbocycles. The summed E-state index contributed by atoms with van der Waals surface area (Å²) in [5, 5.41) is 10.5. The molecule has 19 heavy (non-hydrogen) atoms. The molecule has 0 amide bonds. The van der Waals surface area contributed by atoms with E-state index in [2.05, 4.69) is 27.7 Å². The van der Waals surface area contributed by atoms with Gasteiger partial charge in [0.15, 0.2) is 11.4 Å². The molecule has 0 aromatic rings. The first-order valence-corrected chi connectivity index (χ1v) is 7.35. The Hall–Kier alpha value is -0.450. The van der Waals surface area contributed by atoms with Crippen LogP contribution in [0.25, 0.3) is 0 Å². The van der Waals surface area contributed by atoms with Gasteiger partial charge in [0.05, 0.1) is 17.8 Å². The first-order chi connectivity index (χ1) is 8.77. The summed E-state index contributed by atoms with van der Waals surface area (Å²) < 4.78 is 12.2. The third-order valence-corrected chi connectivity index (χ3v) is 6.57. The summed E-state index contributed by atoms with van der Waals surface area (Å²) in [6.45, 7) is 8.44. The second-order valence-corrected chi connectivity index (χ2v) is 7.58. The molecular formula is C15H22O4. The summed E-state index contributed by atoms with van der Waals surface area (Å²) >= 11 is 0. The van der Waals surface area contributed by atoms with E-state index in [1.165, 1.54) is 0 Å². The van der Waals surface area contributed by atoms with Crippen LogP contribution in [0, 0.1) is 17.3 Å². The SMILES string of the molecule is C[C@@H]1CC[C@@H](O)[C@]23O[C@H]4[C@H](OC(C)(C)[C@@H]4[C@]12C)C3=O. The van der Waals surface area contributed by atoms with Gasteiger partial charge in [-0.2, -0.15) is 0 Å². The van der Waals surface area contributed by atoms with Crippen LogP contribution in [-0.2, 0) is 14.3 Å². The van der Waals surface area contributed by atoms with Gasteiger partial charge in [-0.15, -0.1) is 0 Å². The molecule has 0 radical (unpaired) electrons. The van der Waals surface area contributed by atoms with Crippen molar-refractivity contribution < 1.29 is 19.4 Å². The van der Waals surface area contributed by atoms with Gasteiger partial charge >= 0.3 is 0 Å². The van der Waals surface area contributed by atoms with E-state index < -0.39 is 17.8 Å². The maximum absolute atomic E-state index is 12.8. The summed E-state index contributed by atoms with van der Waals surface area (Å²) in [7, 11) is 0. The van der Waals surface area contributed by atoms with Crippen molar-refractivity contribution in [2.45, 2.75) is 70.1 Å². The molecule has 1 saturated carbocycles. The van der Waals surface area contributed by atoms with Crippen molar-refractivity contribution in [2.75, 3.05) is 0 Å². The number of carbonyl (C=O) groups excluding carboxylic acids is 1. The van der Waals surface area contributed by atoms with Crippen LogP contribution in [0.15, 0.2) is 0 Å². The molecule has 1 N–H and O–H groups in total. The van der Waals surface area contributed by atoms with Crippen molar-refractivity contribution >= 4 is 5.78 Å².